The second kappa shape index (κ2) is 10.0. The number of hydrogen-bond acceptors (Lipinski definition) is 4. The van der Waals surface area contributed by atoms with Crippen molar-refractivity contribution in [2.24, 2.45) is 0 Å². The van der Waals surface area contributed by atoms with E-state index in [1.807, 2.05) is 19.1 Å². The van der Waals surface area contributed by atoms with Crippen LogP contribution in [0.4, 0.5) is 13.2 Å². The lowest BCUT2D eigenvalue weighted by Crippen LogP contribution is -2.33. The fourth-order valence-corrected chi connectivity index (χ4v) is 5.37. The Morgan fingerprint density at radius 1 is 0.951 bits per heavy atom. The van der Waals surface area contributed by atoms with Crippen molar-refractivity contribution < 1.29 is 13.2 Å². The van der Waals surface area contributed by atoms with Gasteiger partial charge in [0.1, 0.15) is 0 Å². The molecule has 41 heavy (non-hydrogen) atoms. The first-order chi connectivity index (χ1) is 19.7. The van der Waals surface area contributed by atoms with Crippen LogP contribution >= 0.6 is 11.6 Å². The smallest absolute Gasteiger partial charge is 0.306 e. The maximum atomic E-state index is 14.0. The lowest BCUT2D eigenvalue weighted by Gasteiger charge is -2.14. The fraction of sp³-hybridized carbons (Fsp3) is 0.133. The summed E-state index contributed by atoms with van der Waals surface area (Å²) in [7, 11) is 0. The summed E-state index contributed by atoms with van der Waals surface area (Å²) in [6.45, 7) is 2.16. The Hall–Kier alpha value is -4.70. The minimum Gasteiger partial charge on any atom is -0.306 e. The van der Waals surface area contributed by atoms with Crippen LogP contribution in [0.1, 0.15) is 19.0 Å². The van der Waals surface area contributed by atoms with Crippen LogP contribution in [0.25, 0.3) is 49.6 Å². The molecule has 0 aliphatic carbocycles. The summed E-state index contributed by atoms with van der Waals surface area (Å²) in [5.41, 5.74) is -0.862. The molecular weight excluding hydrogens is 555 g/mol. The fourth-order valence-electron chi connectivity index (χ4n) is 5.08. The molecule has 0 amide bonds. The van der Waals surface area contributed by atoms with Crippen LogP contribution in [0.3, 0.4) is 0 Å². The van der Waals surface area contributed by atoms with E-state index in [-0.39, 0.29) is 27.1 Å². The molecule has 0 saturated carbocycles. The highest BCUT2D eigenvalue weighted by molar-refractivity contribution is 6.34. The van der Waals surface area contributed by atoms with Crippen LogP contribution in [0, 0.1) is 0 Å². The minimum atomic E-state index is -4.69. The van der Waals surface area contributed by atoms with Gasteiger partial charge in [0.25, 0.3) is 5.56 Å². The van der Waals surface area contributed by atoms with Gasteiger partial charge in [0, 0.05) is 45.9 Å². The molecule has 6 aromatic rings. The molecule has 6 rings (SSSR count). The third kappa shape index (κ3) is 4.59. The number of nitrogens with zero attached hydrogens (tertiary/aromatic N) is 4. The van der Waals surface area contributed by atoms with Gasteiger partial charge in [-0.15, -0.1) is 0 Å². The monoisotopic (exact) mass is 575 g/mol. The second-order valence-corrected chi connectivity index (χ2v) is 9.93. The van der Waals surface area contributed by atoms with Crippen molar-refractivity contribution >= 4 is 33.3 Å². The zero-order chi connectivity index (χ0) is 28.9. The number of H-pyrrole nitrogens is 1. The van der Waals surface area contributed by atoms with E-state index in [2.05, 4.69) is 15.1 Å². The SMILES string of the molecule is CCCn1cc(-c2cccc(Cl)c2-c2ccc3c(=O)n(-c4cncc5ccccc45)c(=O)[nH]c3c2)c(C(F)(F)F)n1. The minimum absolute atomic E-state index is 0.115. The molecular formula is C30H21ClF3N5O2. The van der Waals surface area contributed by atoms with Crippen molar-refractivity contribution in [2.45, 2.75) is 26.1 Å². The van der Waals surface area contributed by atoms with E-state index in [1.165, 1.54) is 29.2 Å². The Bertz CT molecular complexity index is 2070. The molecule has 1 N–H and O–H groups in total. The van der Waals surface area contributed by atoms with Crippen molar-refractivity contribution in [2.75, 3.05) is 0 Å². The largest absolute Gasteiger partial charge is 0.435 e. The molecule has 0 aliphatic heterocycles. The third-order valence-corrected chi connectivity index (χ3v) is 7.18. The van der Waals surface area contributed by atoms with Crippen molar-refractivity contribution in [1.82, 2.24) is 24.3 Å². The number of halogens is 4. The van der Waals surface area contributed by atoms with Gasteiger partial charge in [-0.1, -0.05) is 61.0 Å². The number of aromatic nitrogens is 5. The first-order valence-corrected chi connectivity index (χ1v) is 13.1. The number of fused-ring (bicyclic) bond motifs is 2. The third-order valence-electron chi connectivity index (χ3n) is 6.86. The number of hydrogen-bond donors (Lipinski definition) is 1. The van der Waals surface area contributed by atoms with E-state index in [0.29, 0.717) is 35.2 Å². The van der Waals surface area contributed by atoms with Crippen molar-refractivity contribution in [3.63, 3.8) is 0 Å². The molecule has 0 unspecified atom stereocenters. The lowest BCUT2D eigenvalue weighted by atomic mass is 9.94. The van der Waals surface area contributed by atoms with E-state index < -0.39 is 23.1 Å². The maximum Gasteiger partial charge on any atom is 0.435 e. The summed E-state index contributed by atoms with van der Waals surface area (Å²) in [6.07, 6.45) is 0.367. The maximum absolute atomic E-state index is 14.0. The molecule has 3 aromatic heterocycles. The van der Waals surface area contributed by atoms with E-state index in [1.54, 1.807) is 42.6 Å². The normalized spacial score (nSPS) is 11.9. The quantitative estimate of drug-likeness (QED) is 0.244. The van der Waals surface area contributed by atoms with E-state index >= 15 is 0 Å². The molecule has 0 fully saturated rings. The summed E-state index contributed by atoms with van der Waals surface area (Å²) in [5.74, 6) is 0. The Labute approximate surface area is 235 Å². The summed E-state index contributed by atoms with van der Waals surface area (Å²) >= 11 is 6.57. The molecule has 0 aliphatic rings. The average Bonchev–Trinajstić information content (AvgIpc) is 3.37. The Balaban J connectivity index is 1.55. The van der Waals surface area contributed by atoms with Gasteiger partial charge >= 0.3 is 11.9 Å². The van der Waals surface area contributed by atoms with Gasteiger partial charge < -0.3 is 4.98 Å². The predicted octanol–water partition coefficient (Wildman–Crippen LogP) is 6.84. The van der Waals surface area contributed by atoms with Crippen molar-refractivity contribution in [3.05, 3.63) is 111 Å². The standard InChI is InChI=1S/C30H21ClF3N5O2/c1-2-12-38-16-22(27(37-38)30(32,33)34)20-8-5-9-23(31)26(20)17-10-11-21-24(13-17)36-29(41)39(28(21)40)25-15-35-14-18-6-3-4-7-19(18)25/h3-11,13-16H,2,12H2,1H3,(H,36,41). The molecule has 0 bridgehead atoms. The highest BCUT2D eigenvalue weighted by Crippen LogP contribution is 2.43. The molecule has 206 valence electrons. The average molecular weight is 576 g/mol. The van der Waals surface area contributed by atoms with Gasteiger partial charge in [-0.05, 0) is 35.7 Å². The first kappa shape index (κ1) is 26.5. The summed E-state index contributed by atoms with van der Waals surface area (Å²) in [5, 5.41) is 5.65. The molecule has 11 heteroatoms. The number of benzene rings is 3. The van der Waals surface area contributed by atoms with E-state index in [9.17, 15) is 22.8 Å². The Morgan fingerprint density at radius 2 is 1.76 bits per heavy atom. The summed E-state index contributed by atoms with van der Waals surface area (Å²) < 4.78 is 44.3. The van der Waals surface area contributed by atoms with Gasteiger partial charge in [-0.25, -0.2) is 9.36 Å². The molecule has 0 saturated heterocycles. The number of pyridine rings is 1. The van der Waals surface area contributed by atoms with Gasteiger partial charge in [0.05, 0.1) is 22.8 Å². The van der Waals surface area contributed by atoms with Crippen LogP contribution in [-0.2, 0) is 12.7 Å². The van der Waals surface area contributed by atoms with E-state index in [0.717, 1.165) is 9.95 Å². The zero-order valence-electron chi connectivity index (χ0n) is 21.5. The molecule has 0 atom stereocenters. The van der Waals surface area contributed by atoms with Crippen LogP contribution in [0.2, 0.25) is 5.02 Å². The van der Waals surface area contributed by atoms with Gasteiger partial charge in [0.15, 0.2) is 5.69 Å². The summed E-state index contributed by atoms with van der Waals surface area (Å²) in [4.78, 5) is 33.7. The van der Waals surface area contributed by atoms with Crippen LogP contribution < -0.4 is 11.2 Å². The molecule has 3 aromatic carbocycles. The van der Waals surface area contributed by atoms with Crippen LogP contribution in [-0.4, -0.2) is 24.3 Å². The van der Waals surface area contributed by atoms with E-state index in [4.69, 9.17) is 11.6 Å². The molecule has 7 nitrogen and oxygen atoms in total. The molecule has 0 spiro atoms. The van der Waals surface area contributed by atoms with Gasteiger partial charge in [-0.3, -0.25) is 14.5 Å². The molecule has 3 heterocycles. The van der Waals surface area contributed by atoms with Crippen LogP contribution in [0.15, 0.2) is 88.8 Å². The number of rotatable bonds is 5. The van der Waals surface area contributed by atoms with Crippen LogP contribution in [0.5, 0.6) is 0 Å². The Morgan fingerprint density at radius 3 is 2.54 bits per heavy atom. The number of alkyl halides is 3. The topological polar surface area (TPSA) is 85.6 Å². The van der Waals surface area contributed by atoms with Gasteiger partial charge in [0.2, 0.25) is 0 Å². The zero-order valence-corrected chi connectivity index (χ0v) is 22.3. The second-order valence-electron chi connectivity index (χ2n) is 9.53. The number of aromatic amines is 1. The Kier molecular flexibility index (Phi) is 6.50. The molecule has 0 radical (unpaired) electrons. The number of aryl methyl sites for hydroxylation is 1. The van der Waals surface area contributed by atoms with Crippen molar-refractivity contribution in [3.8, 4) is 27.9 Å². The summed E-state index contributed by atoms with van der Waals surface area (Å²) in [6, 6.07) is 16.6. The lowest BCUT2D eigenvalue weighted by molar-refractivity contribution is -0.141. The first-order valence-electron chi connectivity index (χ1n) is 12.7. The highest BCUT2D eigenvalue weighted by Gasteiger charge is 2.38. The van der Waals surface area contributed by atoms with Crippen molar-refractivity contribution in [1.29, 1.82) is 0 Å². The number of nitrogens with one attached hydrogen (secondary N) is 1. The van der Waals surface area contributed by atoms with Gasteiger partial charge in [-0.2, -0.15) is 18.3 Å². The predicted molar refractivity (Wildman–Crippen MR) is 152 cm³/mol. The highest BCUT2D eigenvalue weighted by atomic mass is 35.5.